The summed E-state index contributed by atoms with van der Waals surface area (Å²) in [5, 5.41) is 3.15. The summed E-state index contributed by atoms with van der Waals surface area (Å²) in [5.74, 6) is 0.981. The van der Waals surface area contributed by atoms with Crippen LogP contribution >= 0.6 is 0 Å². The molecule has 0 fully saturated rings. The maximum Gasteiger partial charge on any atom is 0.122 e. The van der Waals surface area contributed by atoms with Crippen LogP contribution in [0.1, 0.15) is 16.7 Å². The van der Waals surface area contributed by atoms with E-state index in [9.17, 15) is 0 Å². The molecule has 1 rings (SSSR count). The van der Waals surface area contributed by atoms with E-state index in [0.29, 0.717) is 0 Å². The Morgan fingerprint density at radius 3 is 2.53 bits per heavy atom. The molecular weight excluding hydrogens is 212 g/mol. The van der Waals surface area contributed by atoms with Gasteiger partial charge >= 0.3 is 0 Å². The Labute approximate surface area is 105 Å². The van der Waals surface area contributed by atoms with E-state index in [1.165, 1.54) is 16.7 Å². The lowest BCUT2D eigenvalue weighted by molar-refractivity contribution is 0.321. The molecule has 0 saturated heterocycles. The first-order chi connectivity index (χ1) is 8.08. The molecule has 0 spiro atoms. The van der Waals surface area contributed by atoms with Crippen LogP contribution in [0.3, 0.4) is 0 Å². The number of rotatable bonds is 6. The third-order valence-corrected chi connectivity index (χ3v) is 3.04. The van der Waals surface area contributed by atoms with Crippen molar-refractivity contribution in [2.24, 2.45) is 0 Å². The minimum atomic E-state index is 0.925. The number of ether oxygens (including phenoxy) is 1. The van der Waals surface area contributed by atoms with E-state index in [1.54, 1.807) is 7.11 Å². The van der Waals surface area contributed by atoms with E-state index in [4.69, 9.17) is 4.74 Å². The molecule has 0 aromatic heterocycles. The van der Waals surface area contributed by atoms with Crippen LogP contribution in [0.4, 0.5) is 0 Å². The first-order valence-electron chi connectivity index (χ1n) is 6.05. The zero-order valence-electron chi connectivity index (χ0n) is 11.6. The second-order valence-corrected chi connectivity index (χ2v) is 4.59. The summed E-state index contributed by atoms with van der Waals surface area (Å²) in [4.78, 5) is 2.28. The fraction of sp³-hybridized carbons (Fsp3) is 0.571. The Bertz CT molecular complexity index is 363. The van der Waals surface area contributed by atoms with E-state index >= 15 is 0 Å². The molecule has 3 nitrogen and oxygen atoms in total. The fourth-order valence-corrected chi connectivity index (χ4v) is 2.00. The summed E-state index contributed by atoms with van der Waals surface area (Å²) in [6.07, 6.45) is 1.08. The quantitative estimate of drug-likeness (QED) is 0.764. The summed E-state index contributed by atoms with van der Waals surface area (Å²) in [7, 11) is 5.82. The fourth-order valence-electron chi connectivity index (χ4n) is 2.00. The molecule has 0 bridgehead atoms. The van der Waals surface area contributed by atoms with Gasteiger partial charge in [0, 0.05) is 13.2 Å². The standard InChI is InChI=1S/C14H24N2O/c1-11-9-14(17-5)12(2)8-13(11)6-7-16(4)10-15-3/h8-9,15H,6-7,10H2,1-5H3. The summed E-state index contributed by atoms with van der Waals surface area (Å²) >= 11 is 0. The van der Waals surface area contributed by atoms with Crippen molar-refractivity contribution in [1.82, 2.24) is 10.2 Å². The molecule has 1 N–H and O–H groups in total. The third kappa shape index (κ3) is 4.02. The number of hydrogen-bond donors (Lipinski definition) is 1. The van der Waals surface area contributed by atoms with Gasteiger partial charge in [-0.1, -0.05) is 6.07 Å². The van der Waals surface area contributed by atoms with Gasteiger partial charge in [-0.15, -0.1) is 0 Å². The molecule has 0 radical (unpaired) electrons. The van der Waals surface area contributed by atoms with Gasteiger partial charge in [0.05, 0.1) is 7.11 Å². The highest BCUT2D eigenvalue weighted by molar-refractivity contribution is 5.41. The predicted molar refractivity (Wildman–Crippen MR) is 72.7 cm³/mol. The monoisotopic (exact) mass is 236 g/mol. The minimum absolute atomic E-state index is 0.925. The first kappa shape index (κ1) is 14.0. The van der Waals surface area contributed by atoms with Crippen LogP contribution in [0.2, 0.25) is 0 Å². The zero-order chi connectivity index (χ0) is 12.8. The number of aryl methyl sites for hydroxylation is 2. The van der Waals surface area contributed by atoms with Gasteiger partial charge in [0.25, 0.3) is 0 Å². The van der Waals surface area contributed by atoms with E-state index in [0.717, 1.165) is 25.4 Å². The van der Waals surface area contributed by atoms with Gasteiger partial charge in [0.1, 0.15) is 5.75 Å². The van der Waals surface area contributed by atoms with Crippen molar-refractivity contribution in [3.05, 3.63) is 28.8 Å². The van der Waals surface area contributed by atoms with E-state index in [1.807, 2.05) is 7.05 Å². The van der Waals surface area contributed by atoms with E-state index in [-0.39, 0.29) is 0 Å². The van der Waals surface area contributed by atoms with Crippen molar-refractivity contribution in [3.8, 4) is 5.75 Å². The Morgan fingerprint density at radius 2 is 1.94 bits per heavy atom. The van der Waals surface area contributed by atoms with Crippen LogP contribution in [0, 0.1) is 13.8 Å². The van der Waals surface area contributed by atoms with Crippen molar-refractivity contribution in [2.45, 2.75) is 20.3 Å². The van der Waals surface area contributed by atoms with Crippen molar-refractivity contribution in [2.75, 3.05) is 34.4 Å². The van der Waals surface area contributed by atoms with Gasteiger partial charge in [-0.3, -0.25) is 4.90 Å². The molecule has 0 saturated carbocycles. The van der Waals surface area contributed by atoms with Crippen LogP contribution in [0.5, 0.6) is 5.75 Å². The third-order valence-electron chi connectivity index (χ3n) is 3.04. The van der Waals surface area contributed by atoms with Crippen LogP contribution in [-0.2, 0) is 6.42 Å². The van der Waals surface area contributed by atoms with Crippen LogP contribution < -0.4 is 10.1 Å². The maximum atomic E-state index is 5.32. The van der Waals surface area contributed by atoms with Crippen LogP contribution in [-0.4, -0.2) is 39.3 Å². The molecule has 0 heterocycles. The number of hydrogen-bond acceptors (Lipinski definition) is 3. The van der Waals surface area contributed by atoms with E-state index < -0.39 is 0 Å². The highest BCUT2D eigenvalue weighted by Crippen LogP contribution is 2.22. The Hall–Kier alpha value is -1.06. The predicted octanol–water partition coefficient (Wildman–Crippen LogP) is 1.96. The lowest BCUT2D eigenvalue weighted by Crippen LogP contribution is -2.30. The zero-order valence-corrected chi connectivity index (χ0v) is 11.6. The lowest BCUT2D eigenvalue weighted by atomic mass is 10.0. The summed E-state index contributed by atoms with van der Waals surface area (Å²) in [5.41, 5.74) is 3.93. The topological polar surface area (TPSA) is 24.5 Å². The van der Waals surface area contributed by atoms with Gasteiger partial charge in [-0.2, -0.15) is 0 Å². The Balaban J connectivity index is 2.68. The maximum absolute atomic E-state index is 5.32. The Morgan fingerprint density at radius 1 is 1.24 bits per heavy atom. The SMILES string of the molecule is CNCN(C)CCc1cc(C)c(OC)cc1C. The van der Waals surface area contributed by atoms with Crippen molar-refractivity contribution in [1.29, 1.82) is 0 Å². The summed E-state index contributed by atoms with van der Waals surface area (Å²) in [6.45, 7) is 6.23. The summed E-state index contributed by atoms with van der Waals surface area (Å²) < 4.78 is 5.32. The van der Waals surface area contributed by atoms with Gasteiger partial charge in [0.2, 0.25) is 0 Å². The van der Waals surface area contributed by atoms with Crippen molar-refractivity contribution < 1.29 is 4.74 Å². The molecule has 1 aromatic carbocycles. The number of methoxy groups -OCH3 is 1. The molecule has 3 heteroatoms. The molecule has 0 aliphatic heterocycles. The van der Waals surface area contributed by atoms with E-state index in [2.05, 4.69) is 43.2 Å². The number of likely N-dealkylation sites (N-methyl/N-ethyl adjacent to an activating group) is 1. The molecule has 0 atom stereocenters. The first-order valence-corrected chi connectivity index (χ1v) is 6.05. The molecule has 1 aromatic rings. The molecule has 0 aliphatic carbocycles. The average molecular weight is 236 g/mol. The molecule has 0 aliphatic rings. The molecule has 0 amide bonds. The summed E-state index contributed by atoms with van der Waals surface area (Å²) in [6, 6.07) is 4.37. The number of nitrogens with zero attached hydrogens (tertiary/aromatic N) is 1. The molecule has 0 unspecified atom stereocenters. The van der Waals surface area contributed by atoms with Crippen LogP contribution in [0.25, 0.3) is 0 Å². The highest BCUT2D eigenvalue weighted by Gasteiger charge is 2.05. The van der Waals surface area contributed by atoms with Gasteiger partial charge < -0.3 is 10.1 Å². The van der Waals surface area contributed by atoms with Gasteiger partial charge in [0.15, 0.2) is 0 Å². The van der Waals surface area contributed by atoms with Gasteiger partial charge in [-0.05, 0) is 57.1 Å². The molecular formula is C14H24N2O. The molecule has 96 valence electrons. The number of nitrogens with one attached hydrogen (secondary N) is 1. The van der Waals surface area contributed by atoms with Crippen LogP contribution in [0.15, 0.2) is 12.1 Å². The largest absolute Gasteiger partial charge is 0.496 e. The molecule has 17 heavy (non-hydrogen) atoms. The minimum Gasteiger partial charge on any atom is -0.496 e. The lowest BCUT2D eigenvalue weighted by Gasteiger charge is -2.17. The van der Waals surface area contributed by atoms with Crippen molar-refractivity contribution >= 4 is 0 Å². The smallest absolute Gasteiger partial charge is 0.122 e. The second kappa shape index (κ2) is 6.62. The van der Waals surface area contributed by atoms with Gasteiger partial charge in [-0.25, -0.2) is 0 Å². The second-order valence-electron chi connectivity index (χ2n) is 4.59. The van der Waals surface area contributed by atoms with Crippen molar-refractivity contribution in [3.63, 3.8) is 0 Å². The Kier molecular flexibility index (Phi) is 5.45. The highest BCUT2D eigenvalue weighted by atomic mass is 16.5. The number of benzene rings is 1. The normalized spacial score (nSPS) is 10.9. The average Bonchev–Trinajstić information content (AvgIpc) is 2.30.